The number of hydrogen-bond donors (Lipinski definition) is 0. The van der Waals surface area contributed by atoms with Crippen molar-refractivity contribution in [3.63, 3.8) is 0 Å². The standard InChI is InChI=1S/C45H35FO8/c1-7-41(47)51-36-22-14-32(15-23-36)16-26-39-40(53-44(49)29(3)4)28-35(38(10-9-27-46)43(39)54-45(50)30(5)6)19-13-31-11-17-33(18-12-31)34-20-24-37(25-21-34)52-42(48)8-2/h7-8,11-12,14-15,17-18,20-25,28H,1-3,5,9-10,27H2,4,6H3. The first kappa shape index (κ1) is 39.6. The third-order valence-electron chi connectivity index (χ3n) is 7.37. The van der Waals surface area contributed by atoms with Gasteiger partial charge in [-0.15, -0.1) is 0 Å². The lowest BCUT2D eigenvalue weighted by atomic mass is 9.96. The number of carbonyl (C=O) groups excluding carboxylic acids is 4. The number of carbonyl (C=O) groups is 4. The van der Waals surface area contributed by atoms with E-state index >= 15 is 0 Å². The third-order valence-corrected chi connectivity index (χ3v) is 7.37. The van der Waals surface area contributed by atoms with E-state index in [4.69, 9.17) is 18.9 Å². The maximum absolute atomic E-state index is 13.7. The van der Waals surface area contributed by atoms with Crippen LogP contribution in [0.4, 0.5) is 4.39 Å². The fourth-order valence-corrected chi connectivity index (χ4v) is 4.61. The summed E-state index contributed by atoms with van der Waals surface area (Å²) < 4.78 is 35.5. The number of ether oxygens (including phenoxy) is 4. The van der Waals surface area contributed by atoms with Crippen LogP contribution in [0.3, 0.4) is 0 Å². The molecule has 270 valence electrons. The fraction of sp³-hybridized carbons (Fsp3) is 0.111. The Bertz CT molecular complexity index is 2260. The molecule has 4 aromatic carbocycles. The Balaban J connectivity index is 1.83. The molecular formula is C45H35FO8. The highest BCUT2D eigenvalue weighted by Gasteiger charge is 2.23. The summed E-state index contributed by atoms with van der Waals surface area (Å²) in [6.07, 6.45) is 2.29. The normalized spacial score (nSPS) is 9.91. The number of halogens is 1. The molecule has 0 saturated heterocycles. The Labute approximate surface area is 313 Å². The molecule has 54 heavy (non-hydrogen) atoms. The van der Waals surface area contributed by atoms with Crippen molar-refractivity contribution < 1.29 is 42.5 Å². The van der Waals surface area contributed by atoms with Crippen LogP contribution in [0.25, 0.3) is 11.1 Å². The van der Waals surface area contributed by atoms with Gasteiger partial charge in [-0.25, -0.2) is 19.2 Å². The minimum atomic E-state index is -0.780. The molecule has 8 nitrogen and oxygen atoms in total. The average molecular weight is 723 g/mol. The van der Waals surface area contributed by atoms with Crippen molar-refractivity contribution in [1.29, 1.82) is 0 Å². The van der Waals surface area contributed by atoms with Gasteiger partial charge >= 0.3 is 23.9 Å². The van der Waals surface area contributed by atoms with Crippen molar-refractivity contribution in [3.05, 3.63) is 156 Å². The van der Waals surface area contributed by atoms with E-state index in [1.165, 1.54) is 32.0 Å². The Morgan fingerprint density at radius 2 is 1.11 bits per heavy atom. The van der Waals surface area contributed by atoms with Crippen molar-refractivity contribution in [2.75, 3.05) is 6.67 Å². The molecule has 0 bridgehead atoms. The maximum Gasteiger partial charge on any atom is 0.338 e. The third kappa shape index (κ3) is 10.9. The lowest BCUT2D eigenvalue weighted by molar-refractivity contribution is -0.130. The quantitative estimate of drug-likeness (QED) is 0.0624. The average Bonchev–Trinajstić information content (AvgIpc) is 3.17. The van der Waals surface area contributed by atoms with Crippen molar-refractivity contribution in [3.8, 4) is 57.8 Å². The molecule has 0 amide bonds. The number of hydrogen-bond acceptors (Lipinski definition) is 8. The van der Waals surface area contributed by atoms with E-state index in [0.29, 0.717) is 28.0 Å². The molecule has 0 aliphatic rings. The molecule has 4 rings (SSSR count). The van der Waals surface area contributed by atoms with E-state index in [2.05, 4.69) is 50.0 Å². The molecule has 0 saturated carbocycles. The Morgan fingerprint density at radius 1 is 0.648 bits per heavy atom. The summed E-state index contributed by atoms with van der Waals surface area (Å²) in [5.74, 6) is 9.90. The first-order valence-electron chi connectivity index (χ1n) is 16.5. The molecule has 4 aromatic rings. The van der Waals surface area contributed by atoms with Gasteiger partial charge in [-0.05, 0) is 92.4 Å². The van der Waals surface area contributed by atoms with Crippen LogP contribution in [-0.2, 0) is 25.6 Å². The zero-order valence-electron chi connectivity index (χ0n) is 29.8. The van der Waals surface area contributed by atoms with Gasteiger partial charge in [0.2, 0.25) is 0 Å². The summed E-state index contributed by atoms with van der Waals surface area (Å²) in [5, 5.41) is 0. The summed E-state index contributed by atoms with van der Waals surface area (Å²) in [6.45, 7) is 16.4. The van der Waals surface area contributed by atoms with Crippen LogP contribution in [0.1, 0.15) is 48.1 Å². The predicted octanol–water partition coefficient (Wildman–Crippen LogP) is 8.20. The van der Waals surface area contributed by atoms with Crippen molar-refractivity contribution in [2.45, 2.75) is 26.7 Å². The number of benzene rings is 4. The van der Waals surface area contributed by atoms with Gasteiger partial charge < -0.3 is 18.9 Å². The molecule has 0 atom stereocenters. The van der Waals surface area contributed by atoms with Gasteiger partial charge in [0.25, 0.3) is 0 Å². The summed E-state index contributed by atoms with van der Waals surface area (Å²) in [6, 6.07) is 22.1. The van der Waals surface area contributed by atoms with Crippen LogP contribution in [0, 0.1) is 23.7 Å². The molecule has 0 heterocycles. The second-order valence-electron chi connectivity index (χ2n) is 11.6. The van der Waals surface area contributed by atoms with Crippen LogP contribution in [-0.4, -0.2) is 30.6 Å². The molecule has 9 heteroatoms. The number of esters is 4. The Morgan fingerprint density at radius 3 is 1.61 bits per heavy atom. The van der Waals surface area contributed by atoms with Gasteiger partial charge in [-0.3, -0.25) is 4.39 Å². The predicted molar refractivity (Wildman–Crippen MR) is 204 cm³/mol. The fourth-order valence-electron chi connectivity index (χ4n) is 4.61. The molecule has 0 aliphatic heterocycles. The first-order valence-corrected chi connectivity index (χ1v) is 16.5. The van der Waals surface area contributed by atoms with Gasteiger partial charge in [0.05, 0.1) is 6.67 Å². The maximum atomic E-state index is 13.7. The van der Waals surface area contributed by atoms with Crippen molar-refractivity contribution in [1.82, 2.24) is 0 Å². The van der Waals surface area contributed by atoms with Crippen LogP contribution < -0.4 is 18.9 Å². The zero-order valence-corrected chi connectivity index (χ0v) is 29.8. The van der Waals surface area contributed by atoms with Gasteiger partial charge in [-0.1, -0.05) is 74.3 Å². The summed E-state index contributed by atoms with van der Waals surface area (Å²) in [4.78, 5) is 48.9. The topological polar surface area (TPSA) is 105 Å². The van der Waals surface area contributed by atoms with Crippen LogP contribution in [0.5, 0.6) is 23.0 Å². The van der Waals surface area contributed by atoms with Gasteiger partial charge in [0.1, 0.15) is 17.1 Å². The summed E-state index contributed by atoms with van der Waals surface area (Å²) in [5.41, 5.74) is 3.75. The molecular weight excluding hydrogens is 687 g/mol. The monoisotopic (exact) mass is 722 g/mol. The molecule has 0 unspecified atom stereocenters. The minimum absolute atomic E-state index is 0.0374. The molecule has 0 aromatic heterocycles. The van der Waals surface area contributed by atoms with Crippen molar-refractivity contribution in [2.24, 2.45) is 0 Å². The zero-order chi connectivity index (χ0) is 39.2. The largest absolute Gasteiger partial charge is 0.423 e. The highest BCUT2D eigenvalue weighted by atomic mass is 19.1. The van der Waals surface area contributed by atoms with E-state index in [1.54, 1.807) is 24.3 Å². The second kappa shape index (κ2) is 18.8. The first-order chi connectivity index (χ1) is 25.9. The lowest BCUT2D eigenvalue weighted by Crippen LogP contribution is -2.15. The number of alkyl halides is 1. The van der Waals surface area contributed by atoms with E-state index in [0.717, 1.165) is 23.3 Å². The number of rotatable bonds is 12. The highest BCUT2D eigenvalue weighted by Crippen LogP contribution is 2.37. The van der Waals surface area contributed by atoms with E-state index in [1.807, 2.05) is 36.4 Å². The minimum Gasteiger partial charge on any atom is -0.423 e. The smallest absolute Gasteiger partial charge is 0.338 e. The molecule has 0 N–H and O–H groups in total. The lowest BCUT2D eigenvalue weighted by Gasteiger charge is -2.17. The van der Waals surface area contributed by atoms with E-state index in [9.17, 15) is 23.6 Å². The van der Waals surface area contributed by atoms with Gasteiger partial charge in [-0.2, -0.15) is 0 Å². The van der Waals surface area contributed by atoms with Gasteiger partial charge in [0, 0.05) is 45.6 Å². The Hall–Kier alpha value is -7.23. The van der Waals surface area contributed by atoms with Crippen LogP contribution >= 0.6 is 0 Å². The van der Waals surface area contributed by atoms with Crippen LogP contribution in [0.15, 0.2) is 128 Å². The van der Waals surface area contributed by atoms with Crippen molar-refractivity contribution >= 4 is 23.9 Å². The second-order valence-corrected chi connectivity index (χ2v) is 11.6. The molecule has 0 fully saturated rings. The molecule has 0 radical (unpaired) electrons. The highest BCUT2D eigenvalue weighted by molar-refractivity contribution is 5.91. The van der Waals surface area contributed by atoms with E-state index < -0.39 is 30.6 Å². The van der Waals surface area contributed by atoms with E-state index in [-0.39, 0.29) is 46.8 Å². The van der Waals surface area contributed by atoms with Gasteiger partial charge in [0.15, 0.2) is 11.5 Å². The summed E-state index contributed by atoms with van der Waals surface area (Å²) >= 11 is 0. The van der Waals surface area contributed by atoms with Crippen LogP contribution in [0.2, 0.25) is 0 Å². The molecule has 0 aliphatic carbocycles. The SMILES string of the molecule is C=CC(=O)Oc1ccc(C#Cc2c(OC(=O)C(=C)C)cc(C#Cc3ccc(-c4ccc(OC(=O)C=C)cc4)cc3)c(CCCF)c2OC(=O)C(=C)C)cc1. The summed E-state index contributed by atoms with van der Waals surface area (Å²) in [7, 11) is 0. The molecule has 0 spiro atoms. The Kier molecular flexibility index (Phi) is 13.8.